The monoisotopic (exact) mass is 223 g/mol. The van der Waals surface area contributed by atoms with E-state index in [0.29, 0.717) is 12.1 Å². The number of benzene rings is 1. The van der Waals surface area contributed by atoms with Crippen LogP contribution in [0.5, 0.6) is 5.75 Å². The maximum atomic E-state index is 12.9. The Balaban J connectivity index is 2.90. The molecule has 0 spiro atoms. The molecule has 0 fully saturated rings. The van der Waals surface area contributed by atoms with Crippen LogP contribution >= 0.6 is 0 Å². The van der Waals surface area contributed by atoms with E-state index >= 15 is 0 Å². The van der Waals surface area contributed by atoms with Gasteiger partial charge < -0.3 is 10.1 Å². The third-order valence-electron chi connectivity index (χ3n) is 1.60. The highest BCUT2D eigenvalue weighted by Gasteiger charge is 2.32. The van der Waals surface area contributed by atoms with Crippen LogP contribution in [0.1, 0.15) is 5.56 Å². The van der Waals surface area contributed by atoms with Crippen LogP contribution in [-0.2, 0) is 6.54 Å². The lowest BCUT2D eigenvalue weighted by molar-refractivity contribution is -0.612. The quantitative estimate of drug-likeness (QED) is 0.611. The average Bonchev–Trinajstić information content (AvgIpc) is 2.09. The van der Waals surface area contributed by atoms with E-state index < -0.39 is 17.9 Å². The summed E-state index contributed by atoms with van der Waals surface area (Å²) in [6.45, 7) is 0.356. The Hall–Kier alpha value is -1.30. The van der Waals surface area contributed by atoms with Gasteiger partial charge in [0.2, 0.25) is 0 Å². The molecular weight excluding hydrogens is 214 g/mol. The Labute approximate surface area is 83.9 Å². The Morgan fingerprint density at radius 3 is 2.53 bits per heavy atom. The zero-order valence-corrected chi connectivity index (χ0v) is 7.64. The van der Waals surface area contributed by atoms with E-state index in [1.807, 2.05) is 0 Å². The number of quaternary nitrogens is 1. The lowest BCUT2D eigenvalue weighted by Crippen LogP contribution is -2.74. The summed E-state index contributed by atoms with van der Waals surface area (Å²) in [7, 11) is 3.43. The molecule has 84 valence electrons. The zero-order valence-electron chi connectivity index (χ0n) is 7.64. The van der Waals surface area contributed by atoms with E-state index in [9.17, 15) is 17.6 Å². The van der Waals surface area contributed by atoms with Crippen LogP contribution in [0.2, 0.25) is 0 Å². The molecule has 0 amide bonds. The molecule has 0 aromatic heterocycles. The molecule has 1 aromatic carbocycles. The predicted molar refractivity (Wildman–Crippen MR) is 44.1 cm³/mol. The minimum Gasteiger partial charge on any atom is -0.475 e. The number of hydrogen-bond donors (Lipinski definition) is 1. The van der Waals surface area contributed by atoms with Crippen molar-refractivity contribution >= 4 is 0 Å². The van der Waals surface area contributed by atoms with Crippen LogP contribution in [0, 0.1) is 12.9 Å². The fourth-order valence-corrected chi connectivity index (χ4v) is 1.04. The molecule has 0 aliphatic rings. The second-order valence-electron chi connectivity index (χ2n) is 2.81. The molecule has 1 rings (SSSR count). The van der Waals surface area contributed by atoms with E-state index in [4.69, 9.17) is 0 Å². The van der Waals surface area contributed by atoms with Crippen LogP contribution in [-0.4, -0.2) is 6.36 Å². The van der Waals surface area contributed by atoms with E-state index in [1.54, 1.807) is 0 Å². The summed E-state index contributed by atoms with van der Waals surface area (Å²) in [5.74, 6) is -1.86. The molecule has 6 heteroatoms. The smallest absolute Gasteiger partial charge is 0.475 e. The molecule has 0 aliphatic carbocycles. The highest BCUT2D eigenvalue weighted by molar-refractivity contribution is 5.30. The standard InChI is InChI=1S/C9H9F4NO/c1-14-5-6-2-3-7(10)8(4-6)15-9(11,12)13/h2-4H,1,5,14H2. The zero-order chi connectivity index (χ0) is 11.5. The largest absolute Gasteiger partial charge is 0.573 e. The van der Waals surface area contributed by atoms with Crippen molar-refractivity contribution in [3.05, 3.63) is 36.6 Å². The first kappa shape index (κ1) is 11.8. The fourth-order valence-electron chi connectivity index (χ4n) is 1.04. The molecule has 2 nitrogen and oxygen atoms in total. The molecule has 0 unspecified atom stereocenters. The second kappa shape index (κ2) is 4.48. The topological polar surface area (TPSA) is 25.8 Å². The first-order chi connectivity index (χ1) is 6.92. The predicted octanol–water partition coefficient (Wildman–Crippen LogP) is 1.58. The maximum Gasteiger partial charge on any atom is 0.573 e. The molecule has 0 radical (unpaired) electrons. The third kappa shape index (κ3) is 3.75. The van der Waals surface area contributed by atoms with Crippen LogP contribution < -0.4 is 10.1 Å². The summed E-state index contributed by atoms with van der Waals surface area (Å²) in [5, 5.41) is 1.50. The van der Waals surface area contributed by atoms with Gasteiger partial charge in [-0.15, -0.1) is 13.2 Å². The van der Waals surface area contributed by atoms with Gasteiger partial charge in [0.05, 0.1) is 6.54 Å². The number of alkyl halides is 3. The fraction of sp³-hybridized carbons (Fsp3) is 0.222. The molecule has 0 aliphatic heterocycles. The lowest BCUT2D eigenvalue weighted by Gasteiger charge is -2.10. The van der Waals surface area contributed by atoms with Crippen LogP contribution in [0.4, 0.5) is 17.6 Å². The SMILES string of the molecule is [CH2-][NH2+]Cc1ccc(F)c(OC(F)(F)F)c1. The molecular formula is C9H9F4NO. The second-order valence-corrected chi connectivity index (χ2v) is 2.81. The molecule has 1 aromatic rings. The van der Waals surface area contributed by atoms with Gasteiger partial charge in [-0.05, 0) is 12.1 Å². The maximum absolute atomic E-state index is 12.9. The van der Waals surface area contributed by atoms with Crippen molar-refractivity contribution in [2.45, 2.75) is 12.9 Å². The van der Waals surface area contributed by atoms with Crippen molar-refractivity contribution in [2.75, 3.05) is 0 Å². The minimum absolute atomic E-state index is 0.356. The molecule has 0 saturated heterocycles. The van der Waals surface area contributed by atoms with Gasteiger partial charge in [-0.2, -0.15) is 7.05 Å². The van der Waals surface area contributed by atoms with Crippen LogP contribution in [0.3, 0.4) is 0 Å². The summed E-state index contributed by atoms with van der Waals surface area (Å²) in [6.07, 6.45) is -4.88. The van der Waals surface area contributed by atoms with Crippen molar-refractivity contribution < 1.29 is 27.6 Å². The van der Waals surface area contributed by atoms with Crippen LogP contribution in [0.15, 0.2) is 18.2 Å². The summed E-state index contributed by atoms with van der Waals surface area (Å²) >= 11 is 0. The number of ether oxygens (including phenoxy) is 1. The molecule has 0 atom stereocenters. The number of halogens is 4. The first-order valence-corrected chi connectivity index (χ1v) is 4.07. The molecule has 2 N–H and O–H groups in total. The Morgan fingerprint density at radius 2 is 2.00 bits per heavy atom. The summed E-state index contributed by atoms with van der Waals surface area (Å²) in [6, 6.07) is 3.31. The Bertz CT molecular complexity index is 337. The van der Waals surface area contributed by atoms with Gasteiger partial charge >= 0.3 is 6.36 Å². The van der Waals surface area contributed by atoms with Gasteiger partial charge in [-0.25, -0.2) is 4.39 Å². The van der Waals surface area contributed by atoms with E-state index in [0.717, 1.165) is 12.1 Å². The van der Waals surface area contributed by atoms with Crippen molar-refractivity contribution in [1.82, 2.24) is 0 Å². The highest BCUT2D eigenvalue weighted by atomic mass is 19.4. The number of nitrogens with two attached hydrogens (primary N) is 1. The molecule has 0 bridgehead atoms. The van der Waals surface area contributed by atoms with Gasteiger partial charge in [0, 0.05) is 5.56 Å². The van der Waals surface area contributed by atoms with Gasteiger partial charge in [-0.3, -0.25) is 0 Å². The third-order valence-corrected chi connectivity index (χ3v) is 1.60. The summed E-state index contributed by atoms with van der Waals surface area (Å²) < 4.78 is 51.9. The van der Waals surface area contributed by atoms with Gasteiger partial charge in [0.1, 0.15) is 0 Å². The molecule has 0 heterocycles. The van der Waals surface area contributed by atoms with E-state index in [1.165, 1.54) is 11.4 Å². The van der Waals surface area contributed by atoms with Crippen LogP contribution in [0.25, 0.3) is 0 Å². The summed E-state index contributed by atoms with van der Waals surface area (Å²) in [5.41, 5.74) is 0.505. The lowest BCUT2D eigenvalue weighted by atomic mass is 10.2. The minimum atomic E-state index is -4.88. The normalized spacial score (nSPS) is 11.5. The van der Waals surface area contributed by atoms with Gasteiger partial charge in [0.25, 0.3) is 0 Å². The van der Waals surface area contributed by atoms with E-state index in [-0.39, 0.29) is 0 Å². The van der Waals surface area contributed by atoms with Gasteiger partial charge in [0.15, 0.2) is 11.6 Å². The van der Waals surface area contributed by atoms with E-state index in [2.05, 4.69) is 11.8 Å². The number of hydrogen-bond acceptors (Lipinski definition) is 1. The van der Waals surface area contributed by atoms with Crippen molar-refractivity contribution in [3.63, 3.8) is 0 Å². The number of rotatable bonds is 3. The average molecular weight is 223 g/mol. The summed E-state index contributed by atoms with van der Waals surface area (Å²) in [4.78, 5) is 0. The Kier molecular flexibility index (Phi) is 3.52. The molecule has 15 heavy (non-hydrogen) atoms. The Morgan fingerprint density at radius 1 is 1.33 bits per heavy atom. The molecule has 0 saturated carbocycles. The first-order valence-electron chi connectivity index (χ1n) is 4.07. The van der Waals surface area contributed by atoms with Crippen molar-refractivity contribution in [1.29, 1.82) is 0 Å². The highest BCUT2D eigenvalue weighted by Crippen LogP contribution is 2.26. The van der Waals surface area contributed by atoms with Crippen molar-refractivity contribution in [2.24, 2.45) is 0 Å². The van der Waals surface area contributed by atoms with Gasteiger partial charge in [-0.1, -0.05) is 6.07 Å². The van der Waals surface area contributed by atoms with Crippen molar-refractivity contribution in [3.8, 4) is 5.75 Å².